The molecule has 1 fully saturated rings. The zero-order valence-corrected chi connectivity index (χ0v) is 11.6. The Labute approximate surface area is 119 Å². The molecule has 2 amide bonds. The first-order valence-electron chi connectivity index (χ1n) is 6.07. The first-order chi connectivity index (χ1) is 9.69. The van der Waals surface area contributed by atoms with Crippen molar-refractivity contribution in [3.63, 3.8) is 0 Å². The number of hydrogen-bond donors (Lipinski definition) is 2. The Hall–Kier alpha value is -2.09. The number of amidine groups is 1. The molecule has 0 unspecified atom stereocenters. The van der Waals surface area contributed by atoms with Gasteiger partial charge in [-0.2, -0.15) is 5.10 Å². The quantitative estimate of drug-likeness (QED) is 0.618. The fourth-order valence-corrected chi connectivity index (χ4v) is 2.45. The summed E-state index contributed by atoms with van der Waals surface area (Å²) in [5.74, 6) is 0.191. The Morgan fingerprint density at radius 3 is 3.20 bits per heavy atom. The average molecular weight is 294 g/mol. The molecule has 1 aromatic rings. The molecular weight excluding hydrogens is 280 g/mol. The second kappa shape index (κ2) is 6.90. The highest BCUT2D eigenvalue weighted by Crippen LogP contribution is 2.22. The van der Waals surface area contributed by atoms with E-state index in [0.29, 0.717) is 17.5 Å². The van der Waals surface area contributed by atoms with E-state index in [9.17, 15) is 9.59 Å². The lowest BCUT2D eigenvalue weighted by molar-refractivity contribution is -0.125. The zero-order valence-electron chi connectivity index (χ0n) is 10.8. The highest BCUT2D eigenvalue weighted by molar-refractivity contribution is 8.15. The number of thioether (sulfide) groups is 1. The van der Waals surface area contributed by atoms with Crippen LogP contribution in [0.2, 0.25) is 0 Å². The maximum absolute atomic E-state index is 11.7. The van der Waals surface area contributed by atoms with Crippen molar-refractivity contribution >= 4 is 35.0 Å². The van der Waals surface area contributed by atoms with E-state index in [-0.39, 0.29) is 18.2 Å². The number of carbonyl (C=O) groups is 2. The molecular formula is C12H14N4O3S. The summed E-state index contributed by atoms with van der Waals surface area (Å²) in [4.78, 5) is 23.1. The molecule has 0 aliphatic carbocycles. The van der Waals surface area contributed by atoms with Gasteiger partial charge in [-0.05, 0) is 19.1 Å². The minimum atomic E-state index is -0.459. The van der Waals surface area contributed by atoms with Crippen molar-refractivity contribution in [1.29, 1.82) is 0 Å². The molecule has 1 saturated heterocycles. The van der Waals surface area contributed by atoms with Crippen molar-refractivity contribution in [2.24, 2.45) is 10.2 Å². The van der Waals surface area contributed by atoms with Crippen molar-refractivity contribution in [3.8, 4) is 0 Å². The fourth-order valence-electron chi connectivity index (χ4n) is 1.53. The molecule has 0 spiro atoms. The molecule has 0 aromatic carbocycles. The highest BCUT2D eigenvalue weighted by Gasteiger charge is 2.31. The Morgan fingerprint density at radius 2 is 2.50 bits per heavy atom. The number of amides is 2. The molecule has 8 heteroatoms. The number of hydrogen-bond acceptors (Lipinski definition) is 6. The first-order valence-corrected chi connectivity index (χ1v) is 6.95. The highest BCUT2D eigenvalue weighted by atomic mass is 32.2. The van der Waals surface area contributed by atoms with E-state index < -0.39 is 5.25 Å². The van der Waals surface area contributed by atoms with Gasteiger partial charge in [0.15, 0.2) is 5.17 Å². The van der Waals surface area contributed by atoms with Gasteiger partial charge in [-0.1, -0.05) is 11.8 Å². The van der Waals surface area contributed by atoms with Crippen molar-refractivity contribution < 1.29 is 14.0 Å². The van der Waals surface area contributed by atoms with E-state index in [1.807, 2.05) is 6.92 Å². The van der Waals surface area contributed by atoms with Gasteiger partial charge in [-0.25, -0.2) is 0 Å². The van der Waals surface area contributed by atoms with Crippen LogP contribution in [0.5, 0.6) is 0 Å². The number of furan rings is 1. The third kappa shape index (κ3) is 3.95. The van der Waals surface area contributed by atoms with Crippen molar-refractivity contribution in [2.45, 2.75) is 18.6 Å². The molecule has 20 heavy (non-hydrogen) atoms. The predicted octanol–water partition coefficient (Wildman–Crippen LogP) is 0.727. The molecule has 0 bridgehead atoms. The van der Waals surface area contributed by atoms with Gasteiger partial charge in [-0.3, -0.25) is 9.59 Å². The summed E-state index contributed by atoms with van der Waals surface area (Å²) in [5.41, 5.74) is 0. The second-order valence-electron chi connectivity index (χ2n) is 3.92. The number of nitrogens with zero attached hydrogens (tertiary/aromatic N) is 2. The molecule has 7 nitrogen and oxygen atoms in total. The Kier molecular flexibility index (Phi) is 4.94. The summed E-state index contributed by atoms with van der Waals surface area (Å²) < 4.78 is 5.05. The summed E-state index contributed by atoms with van der Waals surface area (Å²) in [6.07, 6.45) is 3.10. The van der Waals surface area contributed by atoms with E-state index in [0.717, 1.165) is 0 Å². The van der Waals surface area contributed by atoms with Gasteiger partial charge in [0.25, 0.3) is 0 Å². The van der Waals surface area contributed by atoms with Gasteiger partial charge in [0.05, 0.1) is 12.5 Å². The summed E-state index contributed by atoms with van der Waals surface area (Å²) in [7, 11) is 0. The van der Waals surface area contributed by atoms with E-state index >= 15 is 0 Å². The van der Waals surface area contributed by atoms with E-state index in [1.54, 1.807) is 12.1 Å². The molecule has 2 heterocycles. The van der Waals surface area contributed by atoms with Crippen LogP contribution in [0.4, 0.5) is 0 Å². The van der Waals surface area contributed by atoms with Gasteiger partial charge in [0, 0.05) is 13.0 Å². The molecule has 1 aromatic heterocycles. The van der Waals surface area contributed by atoms with Crippen LogP contribution in [0.1, 0.15) is 19.1 Å². The molecule has 1 atom stereocenters. The molecule has 106 valence electrons. The number of carbonyl (C=O) groups excluding carboxylic acids is 2. The summed E-state index contributed by atoms with van der Waals surface area (Å²) in [6.45, 7) is 2.38. The van der Waals surface area contributed by atoms with E-state index in [1.165, 1.54) is 24.2 Å². The van der Waals surface area contributed by atoms with Crippen LogP contribution in [0.3, 0.4) is 0 Å². The Morgan fingerprint density at radius 1 is 1.65 bits per heavy atom. The smallest absolute Gasteiger partial charge is 0.240 e. The maximum atomic E-state index is 11.7. The largest absolute Gasteiger partial charge is 0.463 e. The fraction of sp³-hybridized carbons (Fsp3) is 0.333. The van der Waals surface area contributed by atoms with Gasteiger partial charge < -0.3 is 15.1 Å². The van der Waals surface area contributed by atoms with Crippen molar-refractivity contribution in [1.82, 2.24) is 10.6 Å². The lowest BCUT2D eigenvalue weighted by Gasteiger charge is -2.04. The molecule has 0 radical (unpaired) electrons. The predicted molar refractivity (Wildman–Crippen MR) is 76.6 cm³/mol. The maximum Gasteiger partial charge on any atom is 0.240 e. The van der Waals surface area contributed by atoms with Crippen molar-refractivity contribution in [3.05, 3.63) is 24.2 Å². The topological polar surface area (TPSA) is 96.1 Å². The molecule has 1 aliphatic rings. The number of nitrogens with one attached hydrogen (secondary N) is 2. The van der Waals surface area contributed by atoms with Gasteiger partial charge in [0.1, 0.15) is 11.0 Å². The van der Waals surface area contributed by atoms with Crippen LogP contribution in [0.15, 0.2) is 33.0 Å². The number of rotatable bonds is 5. The minimum Gasteiger partial charge on any atom is -0.463 e. The summed E-state index contributed by atoms with van der Waals surface area (Å²) in [5, 5.41) is 12.8. The van der Waals surface area contributed by atoms with Crippen LogP contribution in [0.25, 0.3) is 0 Å². The Bertz CT molecular complexity index is 539. The summed E-state index contributed by atoms with van der Waals surface area (Å²) in [6, 6.07) is 3.48. The van der Waals surface area contributed by atoms with Gasteiger partial charge >= 0.3 is 0 Å². The third-order valence-electron chi connectivity index (χ3n) is 2.40. The lowest BCUT2D eigenvalue weighted by atomic mass is 10.3. The minimum absolute atomic E-state index is 0.130. The van der Waals surface area contributed by atoms with Crippen molar-refractivity contribution in [2.75, 3.05) is 6.54 Å². The van der Waals surface area contributed by atoms with Crippen LogP contribution in [-0.4, -0.2) is 35.0 Å². The molecule has 2 N–H and O–H groups in total. The zero-order chi connectivity index (χ0) is 14.4. The summed E-state index contributed by atoms with van der Waals surface area (Å²) >= 11 is 1.19. The van der Waals surface area contributed by atoms with Gasteiger partial charge in [0.2, 0.25) is 11.8 Å². The Balaban J connectivity index is 1.89. The average Bonchev–Trinajstić information content (AvgIpc) is 3.01. The van der Waals surface area contributed by atoms with E-state index in [2.05, 4.69) is 20.8 Å². The molecule has 2 rings (SSSR count). The molecule has 0 saturated carbocycles. The van der Waals surface area contributed by atoms with Gasteiger partial charge in [-0.15, -0.1) is 5.10 Å². The normalized spacial score (nSPS) is 20.6. The van der Waals surface area contributed by atoms with Crippen LogP contribution in [-0.2, 0) is 9.59 Å². The lowest BCUT2D eigenvalue weighted by Crippen LogP contribution is -2.31. The first kappa shape index (κ1) is 14.3. The van der Waals surface area contributed by atoms with Crippen LogP contribution >= 0.6 is 11.8 Å². The standard InChI is InChI=1S/C12H14N4O3S/c1-2-13-10(17)6-9-11(18)15-12(20-9)16-14-7-8-4-3-5-19-8/h3-5,7,9H,2,6H2,1H3,(H,13,17)(H,15,16,18)/b14-7-/t9-/m1/s1. The monoisotopic (exact) mass is 294 g/mol. The second-order valence-corrected chi connectivity index (χ2v) is 5.11. The SMILES string of the molecule is CCNC(=O)C[C@H]1S/C(=N\N=C/c2ccco2)NC1=O. The third-order valence-corrected chi connectivity index (χ3v) is 3.47. The van der Waals surface area contributed by atoms with Crippen LogP contribution in [0, 0.1) is 0 Å². The molecule has 1 aliphatic heterocycles. The van der Waals surface area contributed by atoms with Crippen LogP contribution < -0.4 is 10.6 Å². The van der Waals surface area contributed by atoms with E-state index in [4.69, 9.17) is 4.42 Å².